The quantitative estimate of drug-likeness (QED) is 0.800. The van der Waals surface area contributed by atoms with Crippen molar-refractivity contribution in [2.45, 2.75) is 90.1 Å². The number of hydrogen-bond donors (Lipinski definition) is 1. The molecule has 0 aromatic rings. The first kappa shape index (κ1) is 15.8. The molecule has 0 aromatic carbocycles. The van der Waals surface area contributed by atoms with Gasteiger partial charge in [-0.25, -0.2) is 0 Å². The molecule has 2 saturated carbocycles. The van der Waals surface area contributed by atoms with E-state index >= 15 is 0 Å². The summed E-state index contributed by atoms with van der Waals surface area (Å²) in [6, 6.07) is 2.60. The van der Waals surface area contributed by atoms with Gasteiger partial charge in [-0.1, -0.05) is 46.0 Å². The second-order valence-electron chi connectivity index (χ2n) is 7.20. The molecule has 0 saturated heterocycles. The van der Waals surface area contributed by atoms with E-state index in [2.05, 4.69) is 19.9 Å². The molecule has 2 heteroatoms. The Hall–Kier alpha value is -0.550. The minimum absolute atomic E-state index is 0.332. The summed E-state index contributed by atoms with van der Waals surface area (Å²) in [7, 11) is 0. The molecule has 2 rings (SSSR count). The Labute approximate surface area is 124 Å². The lowest BCUT2D eigenvalue weighted by Gasteiger charge is -2.52. The molecule has 0 spiro atoms. The van der Waals surface area contributed by atoms with Gasteiger partial charge >= 0.3 is 0 Å². The molecule has 114 valence electrons. The van der Waals surface area contributed by atoms with Crippen molar-refractivity contribution in [1.29, 1.82) is 5.26 Å². The molecule has 2 fully saturated rings. The maximum atomic E-state index is 11.4. The maximum absolute atomic E-state index is 11.4. The lowest BCUT2D eigenvalue weighted by Crippen LogP contribution is -2.55. The second kappa shape index (κ2) is 6.48. The van der Waals surface area contributed by atoms with Crippen molar-refractivity contribution in [3.8, 4) is 6.07 Å². The summed E-state index contributed by atoms with van der Waals surface area (Å²) >= 11 is 0. The predicted octanol–water partition coefficient (Wildman–Crippen LogP) is 4.82. The highest BCUT2D eigenvalue weighted by molar-refractivity contribution is 5.15. The summed E-state index contributed by atoms with van der Waals surface area (Å²) in [6.07, 6.45) is 11.9. The van der Waals surface area contributed by atoms with E-state index in [-0.39, 0.29) is 0 Å². The van der Waals surface area contributed by atoms with Crippen LogP contribution in [0.3, 0.4) is 0 Å². The SMILES string of the molecule is CCCC1CCC(C#N)(C2(O)CCCCC2CC)CC1. The van der Waals surface area contributed by atoms with Gasteiger partial charge in [0.2, 0.25) is 0 Å². The third-order valence-corrected chi connectivity index (χ3v) is 6.23. The Morgan fingerprint density at radius 1 is 1.10 bits per heavy atom. The average Bonchev–Trinajstić information content (AvgIpc) is 2.49. The Kier molecular flexibility index (Phi) is 5.13. The van der Waals surface area contributed by atoms with E-state index in [0.29, 0.717) is 5.92 Å². The Morgan fingerprint density at radius 3 is 2.35 bits per heavy atom. The van der Waals surface area contributed by atoms with Crippen molar-refractivity contribution < 1.29 is 5.11 Å². The van der Waals surface area contributed by atoms with Crippen LogP contribution >= 0.6 is 0 Å². The highest BCUT2D eigenvalue weighted by Gasteiger charge is 2.55. The second-order valence-corrected chi connectivity index (χ2v) is 7.20. The molecule has 0 bridgehead atoms. The summed E-state index contributed by atoms with van der Waals surface area (Å²) in [5, 5.41) is 21.3. The molecule has 2 unspecified atom stereocenters. The smallest absolute Gasteiger partial charge is 0.0863 e. The van der Waals surface area contributed by atoms with Crippen molar-refractivity contribution in [3.63, 3.8) is 0 Å². The largest absolute Gasteiger partial charge is 0.388 e. The van der Waals surface area contributed by atoms with Crippen molar-refractivity contribution >= 4 is 0 Å². The molecule has 0 radical (unpaired) electrons. The summed E-state index contributed by atoms with van der Waals surface area (Å²) in [4.78, 5) is 0. The van der Waals surface area contributed by atoms with E-state index in [1.807, 2.05) is 0 Å². The van der Waals surface area contributed by atoms with E-state index in [1.165, 1.54) is 19.3 Å². The lowest BCUT2D eigenvalue weighted by molar-refractivity contribution is -0.141. The van der Waals surface area contributed by atoms with Crippen LogP contribution in [0, 0.1) is 28.6 Å². The maximum Gasteiger partial charge on any atom is 0.0863 e. The molecule has 0 amide bonds. The zero-order valence-corrected chi connectivity index (χ0v) is 13.3. The molecule has 0 heterocycles. The van der Waals surface area contributed by atoms with Crippen molar-refractivity contribution in [1.82, 2.24) is 0 Å². The van der Waals surface area contributed by atoms with Gasteiger partial charge in [-0.2, -0.15) is 5.26 Å². The van der Waals surface area contributed by atoms with Crippen LogP contribution in [-0.4, -0.2) is 10.7 Å². The lowest BCUT2D eigenvalue weighted by atomic mass is 9.54. The Bertz CT molecular complexity index is 351. The first-order valence-electron chi connectivity index (χ1n) is 8.75. The Morgan fingerprint density at radius 2 is 1.80 bits per heavy atom. The number of rotatable bonds is 4. The first-order chi connectivity index (χ1) is 9.62. The molecular formula is C18H31NO. The fourth-order valence-corrected chi connectivity index (χ4v) is 4.91. The molecule has 2 aliphatic carbocycles. The average molecular weight is 277 g/mol. The van der Waals surface area contributed by atoms with Crippen LogP contribution in [0.4, 0.5) is 0 Å². The number of hydrogen-bond acceptors (Lipinski definition) is 2. The van der Waals surface area contributed by atoms with Gasteiger partial charge in [0.1, 0.15) is 0 Å². The van der Waals surface area contributed by atoms with Crippen LogP contribution in [0.25, 0.3) is 0 Å². The molecule has 20 heavy (non-hydrogen) atoms. The minimum Gasteiger partial charge on any atom is -0.388 e. The van der Waals surface area contributed by atoms with E-state index in [9.17, 15) is 10.4 Å². The van der Waals surface area contributed by atoms with Gasteiger partial charge in [0.15, 0.2) is 0 Å². The van der Waals surface area contributed by atoms with Crippen molar-refractivity contribution in [2.75, 3.05) is 0 Å². The molecule has 2 aliphatic rings. The van der Waals surface area contributed by atoms with Gasteiger partial charge in [-0.15, -0.1) is 0 Å². The van der Waals surface area contributed by atoms with Crippen LogP contribution in [0.15, 0.2) is 0 Å². The van der Waals surface area contributed by atoms with Gasteiger partial charge in [0, 0.05) is 0 Å². The van der Waals surface area contributed by atoms with Crippen LogP contribution in [-0.2, 0) is 0 Å². The van der Waals surface area contributed by atoms with Gasteiger partial charge in [0.05, 0.1) is 17.1 Å². The van der Waals surface area contributed by atoms with Crippen LogP contribution in [0.5, 0.6) is 0 Å². The highest BCUT2D eigenvalue weighted by Crippen LogP contribution is 2.54. The topological polar surface area (TPSA) is 44.0 Å². The van der Waals surface area contributed by atoms with Crippen molar-refractivity contribution in [2.24, 2.45) is 17.3 Å². The number of nitrogens with zero attached hydrogens (tertiary/aromatic N) is 1. The van der Waals surface area contributed by atoms with E-state index in [4.69, 9.17) is 0 Å². The zero-order valence-electron chi connectivity index (χ0n) is 13.3. The molecule has 0 aliphatic heterocycles. The third kappa shape index (κ3) is 2.62. The molecule has 1 N–H and O–H groups in total. The Balaban J connectivity index is 2.16. The fourth-order valence-electron chi connectivity index (χ4n) is 4.91. The summed E-state index contributed by atoms with van der Waals surface area (Å²) in [6.45, 7) is 4.42. The van der Waals surface area contributed by atoms with Crippen LogP contribution in [0.2, 0.25) is 0 Å². The monoisotopic (exact) mass is 277 g/mol. The van der Waals surface area contributed by atoms with Gasteiger partial charge < -0.3 is 5.11 Å². The third-order valence-electron chi connectivity index (χ3n) is 6.23. The van der Waals surface area contributed by atoms with Gasteiger partial charge in [-0.05, 0) is 50.4 Å². The van der Waals surface area contributed by atoms with Crippen LogP contribution < -0.4 is 0 Å². The van der Waals surface area contributed by atoms with Gasteiger partial charge in [-0.3, -0.25) is 0 Å². The van der Waals surface area contributed by atoms with E-state index in [0.717, 1.165) is 57.3 Å². The summed E-state index contributed by atoms with van der Waals surface area (Å²) in [5.74, 6) is 1.12. The van der Waals surface area contributed by atoms with Gasteiger partial charge in [0.25, 0.3) is 0 Å². The number of aliphatic hydroxyl groups is 1. The molecule has 0 aromatic heterocycles. The van der Waals surface area contributed by atoms with Crippen molar-refractivity contribution in [3.05, 3.63) is 0 Å². The molecule has 2 atom stereocenters. The number of nitriles is 1. The summed E-state index contributed by atoms with van der Waals surface area (Å²) in [5.41, 5.74) is -1.18. The van der Waals surface area contributed by atoms with Crippen LogP contribution in [0.1, 0.15) is 84.5 Å². The highest BCUT2D eigenvalue weighted by atomic mass is 16.3. The minimum atomic E-state index is -0.716. The predicted molar refractivity (Wildman–Crippen MR) is 82.1 cm³/mol. The fraction of sp³-hybridized carbons (Fsp3) is 0.944. The standard InChI is InChI=1S/C18H31NO/c1-3-7-15-9-12-17(14-19,13-10-15)18(20)11-6-5-8-16(18)4-2/h15-16,20H,3-13H2,1-2H3. The zero-order chi connectivity index (χ0) is 14.6. The molecular weight excluding hydrogens is 246 g/mol. The first-order valence-corrected chi connectivity index (χ1v) is 8.75. The molecule has 2 nitrogen and oxygen atoms in total. The van der Waals surface area contributed by atoms with E-state index < -0.39 is 11.0 Å². The van der Waals surface area contributed by atoms with E-state index in [1.54, 1.807) is 0 Å². The normalized spacial score (nSPS) is 42.1. The summed E-state index contributed by atoms with van der Waals surface area (Å²) < 4.78 is 0.